The highest BCUT2D eigenvalue weighted by atomic mass is 16.6. The molecular formula is C17H28O3. The van der Waals surface area contributed by atoms with Gasteiger partial charge in [-0.25, -0.2) is 0 Å². The van der Waals surface area contributed by atoms with Crippen molar-refractivity contribution in [2.75, 3.05) is 13.7 Å². The predicted molar refractivity (Wildman–Crippen MR) is 78.4 cm³/mol. The van der Waals surface area contributed by atoms with Gasteiger partial charge in [0.25, 0.3) is 0 Å². The van der Waals surface area contributed by atoms with Crippen LogP contribution in [0.25, 0.3) is 0 Å². The minimum Gasteiger partial charge on any atom is -0.396 e. The predicted octanol–water partition coefficient (Wildman–Crippen LogP) is 2.78. The van der Waals surface area contributed by atoms with E-state index in [1.807, 2.05) is 7.11 Å². The summed E-state index contributed by atoms with van der Waals surface area (Å²) in [4.78, 5) is 0. The summed E-state index contributed by atoms with van der Waals surface area (Å²) >= 11 is 0. The zero-order valence-corrected chi connectivity index (χ0v) is 13.2. The van der Waals surface area contributed by atoms with Crippen molar-refractivity contribution in [3.63, 3.8) is 0 Å². The van der Waals surface area contributed by atoms with Gasteiger partial charge in [-0.05, 0) is 48.9 Å². The molecule has 3 aliphatic rings. The molecule has 3 nitrogen and oxygen atoms in total. The van der Waals surface area contributed by atoms with Crippen molar-refractivity contribution in [2.24, 2.45) is 22.7 Å². The quantitative estimate of drug-likeness (QED) is 0.636. The van der Waals surface area contributed by atoms with E-state index in [1.54, 1.807) is 0 Å². The number of epoxide rings is 1. The monoisotopic (exact) mass is 280 g/mol. The van der Waals surface area contributed by atoms with Crippen LogP contribution in [0.5, 0.6) is 0 Å². The Balaban J connectivity index is 1.97. The van der Waals surface area contributed by atoms with Crippen molar-refractivity contribution >= 4 is 0 Å². The van der Waals surface area contributed by atoms with Gasteiger partial charge in [-0.15, -0.1) is 6.58 Å². The van der Waals surface area contributed by atoms with Crippen molar-refractivity contribution < 1.29 is 14.6 Å². The molecule has 6 atom stereocenters. The van der Waals surface area contributed by atoms with Crippen LogP contribution < -0.4 is 0 Å². The molecule has 1 aliphatic heterocycles. The molecule has 1 heterocycles. The highest BCUT2D eigenvalue weighted by molar-refractivity contribution is 5.22. The zero-order valence-electron chi connectivity index (χ0n) is 13.2. The molecule has 0 aromatic heterocycles. The maximum atomic E-state index is 9.52. The fourth-order valence-electron chi connectivity index (χ4n) is 5.46. The van der Waals surface area contributed by atoms with E-state index in [0.29, 0.717) is 17.9 Å². The molecule has 1 N–H and O–H groups in total. The average Bonchev–Trinajstić information content (AvgIpc) is 3.01. The Bertz CT molecular complexity index is 418. The highest BCUT2D eigenvalue weighted by Crippen LogP contribution is 2.69. The van der Waals surface area contributed by atoms with Crippen LogP contribution in [0.4, 0.5) is 0 Å². The summed E-state index contributed by atoms with van der Waals surface area (Å²) in [5.41, 5.74) is 0.0652. The van der Waals surface area contributed by atoms with Gasteiger partial charge in [-0.2, -0.15) is 0 Å². The maximum absolute atomic E-state index is 9.52. The van der Waals surface area contributed by atoms with E-state index in [0.717, 1.165) is 19.3 Å². The van der Waals surface area contributed by atoms with Crippen LogP contribution in [-0.4, -0.2) is 36.6 Å². The Morgan fingerprint density at radius 3 is 2.65 bits per heavy atom. The highest BCUT2D eigenvalue weighted by Gasteiger charge is 2.71. The molecule has 20 heavy (non-hydrogen) atoms. The fourth-order valence-corrected chi connectivity index (χ4v) is 5.46. The molecule has 0 radical (unpaired) electrons. The van der Waals surface area contributed by atoms with Gasteiger partial charge in [0.2, 0.25) is 0 Å². The Morgan fingerprint density at radius 1 is 1.40 bits per heavy atom. The normalized spacial score (nSPS) is 52.2. The molecule has 2 saturated carbocycles. The van der Waals surface area contributed by atoms with Gasteiger partial charge in [-0.3, -0.25) is 0 Å². The van der Waals surface area contributed by atoms with Gasteiger partial charge in [0.05, 0.1) is 12.2 Å². The molecule has 0 aromatic rings. The summed E-state index contributed by atoms with van der Waals surface area (Å²) in [5.74, 6) is 1.08. The topological polar surface area (TPSA) is 42.0 Å². The second kappa shape index (κ2) is 4.31. The number of hydrogen-bond acceptors (Lipinski definition) is 3. The number of allylic oxidation sites excluding steroid dienone is 1. The van der Waals surface area contributed by atoms with Crippen molar-refractivity contribution in [3.8, 4) is 0 Å². The molecule has 0 unspecified atom stereocenters. The largest absolute Gasteiger partial charge is 0.396 e. The van der Waals surface area contributed by atoms with Gasteiger partial charge in [-0.1, -0.05) is 19.9 Å². The van der Waals surface area contributed by atoms with Crippen molar-refractivity contribution in [2.45, 2.75) is 57.8 Å². The second-order valence-corrected chi connectivity index (χ2v) is 7.71. The fraction of sp³-hybridized carbons (Fsp3) is 0.882. The molecule has 114 valence electrons. The number of aliphatic hydroxyl groups is 1. The lowest BCUT2D eigenvalue weighted by Gasteiger charge is -2.44. The number of aliphatic hydroxyl groups excluding tert-OH is 1. The molecule has 3 heteroatoms. The molecule has 0 aromatic carbocycles. The first-order chi connectivity index (χ1) is 9.36. The van der Waals surface area contributed by atoms with Crippen LogP contribution in [0.3, 0.4) is 0 Å². The number of fused-ring (bicyclic) bond motifs is 2. The van der Waals surface area contributed by atoms with Crippen LogP contribution >= 0.6 is 0 Å². The Labute approximate surface area is 122 Å². The minimum absolute atomic E-state index is 0.0149. The average molecular weight is 280 g/mol. The van der Waals surface area contributed by atoms with E-state index in [4.69, 9.17) is 9.47 Å². The molecule has 3 fully saturated rings. The smallest absolute Gasteiger partial charge is 0.118 e. The van der Waals surface area contributed by atoms with Crippen molar-refractivity contribution in [3.05, 3.63) is 12.7 Å². The maximum Gasteiger partial charge on any atom is 0.118 e. The number of methoxy groups -OCH3 is 1. The number of ether oxygens (including phenoxy) is 2. The van der Waals surface area contributed by atoms with Crippen LogP contribution in [0.1, 0.15) is 40.0 Å². The van der Waals surface area contributed by atoms with Gasteiger partial charge in [0.15, 0.2) is 0 Å². The molecular weight excluding hydrogens is 252 g/mol. The van der Waals surface area contributed by atoms with Gasteiger partial charge < -0.3 is 14.6 Å². The molecule has 0 bridgehead atoms. The first-order valence-corrected chi connectivity index (χ1v) is 7.81. The van der Waals surface area contributed by atoms with Crippen LogP contribution in [0.15, 0.2) is 12.7 Å². The van der Waals surface area contributed by atoms with Gasteiger partial charge in [0.1, 0.15) is 5.60 Å². The first kappa shape index (κ1) is 14.6. The van der Waals surface area contributed by atoms with E-state index in [1.165, 1.54) is 0 Å². The first-order valence-electron chi connectivity index (χ1n) is 7.81. The van der Waals surface area contributed by atoms with E-state index in [-0.39, 0.29) is 29.1 Å². The summed E-state index contributed by atoms with van der Waals surface area (Å²) in [7, 11) is 1.81. The Morgan fingerprint density at radius 2 is 2.10 bits per heavy atom. The van der Waals surface area contributed by atoms with Crippen LogP contribution in [0.2, 0.25) is 0 Å². The van der Waals surface area contributed by atoms with E-state index < -0.39 is 0 Å². The summed E-state index contributed by atoms with van der Waals surface area (Å²) < 4.78 is 11.8. The van der Waals surface area contributed by atoms with Crippen molar-refractivity contribution in [1.82, 2.24) is 0 Å². The summed E-state index contributed by atoms with van der Waals surface area (Å²) in [6.07, 6.45) is 5.60. The lowest BCUT2D eigenvalue weighted by Crippen LogP contribution is -2.46. The van der Waals surface area contributed by atoms with Gasteiger partial charge in [0, 0.05) is 13.7 Å². The summed E-state index contributed by atoms with van der Waals surface area (Å²) in [6, 6.07) is 0. The standard InChI is InChI=1S/C17H28O3/c1-6-17(7-8-18)10-11-12(15(17,2)3)9-13-16(4,20-13)14(11)19-5/h6,11-14,18H,1,7-10H2,2-5H3/t11-,12+,13-,14+,16-,17+/m0/s1. The number of rotatable bonds is 4. The molecule has 3 rings (SSSR count). The van der Waals surface area contributed by atoms with E-state index >= 15 is 0 Å². The summed E-state index contributed by atoms with van der Waals surface area (Å²) in [6.45, 7) is 11.2. The Kier molecular flexibility index (Phi) is 3.14. The minimum atomic E-state index is -0.0809. The molecule has 2 aliphatic carbocycles. The lowest BCUT2D eigenvalue weighted by atomic mass is 9.61. The van der Waals surface area contributed by atoms with E-state index in [2.05, 4.69) is 33.4 Å². The lowest BCUT2D eigenvalue weighted by molar-refractivity contribution is -0.0330. The SMILES string of the molecule is C=C[C@@]1(CCO)C[C@H]2[C@@H](C[C@@H]3O[C@]3(C)[C@@H]2OC)C1(C)C. The zero-order chi connectivity index (χ0) is 14.8. The molecule has 1 saturated heterocycles. The van der Waals surface area contributed by atoms with E-state index in [9.17, 15) is 5.11 Å². The third-order valence-corrected chi connectivity index (χ3v) is 6.93. The third kappa shape index (κ3) is 1.57. The van der Waals surface area contributed by atoms with Crippen LogP contribution in [0, 0.1) is 22.7 Å². The number of hydrogen-bond donors (Lipinski definition) is 1. The van der Waals surface area contributed by atoms with Gasteiger partial charge >= 0.3 is 0 Å². The van der Waals surface area contributed by atoms with Crippen molar-refractivity contribution in [1.29, 1.82) is 0 Å². The Hall–Kier alpha value is -0.380. The molecule has 0 spiro atoms. The second-order valence-electron chi connectivity index (χ2n) is 7.71. The molecule has 0 amide bonds. The summed E-state index contributed by atoms with van der Waals surface area (Å²) in [5, 5.41) is 9.52. The third-order valence-electron chi connectivity index (χ3n) is 6.93. The van der Waals surface area contributed by atoms with Crippen LogP contribution in [-0.2, 0) is 9.47 Å².